The molecule has 1 aromatic carbocycles. The topological polar surface area (TPSA) is 121 Å². The average molecular weight is 515 g/mol. The average Bonchev–Trinajstić information content (AvgIpc) is 3.51. The number of nitrogens with one attached hydrogen (secondary N) is 2. The van der Waals surface area contributed by atoms with Crippen LogP contribution in [-0.4, -0.2) is 75.6 Å². The molecule has 2 amide bonds. The molecular formula is C27H30N8O3. The van der Waals surface area contributed by atoms with Crippen LogP contribution in [0.4, 0.5) is 10.6 Å². The predicted molar refractivity (Wildman–Crippen MR) is 143 cm³/mol. The first-order valence-electron chi connectivity index (χ1n) is 12.7. The first kappa shape index (κ1) is 24.0. The van der Waals surface area contributed by atoms with E-state index in [0.717, 1.165) is 50.5 Å². The second-order valence-corrected chi connectivity index (χ2v) is 9.80. The van der Waals surface area contributed by atoms with E-state index < -0.39 is 0 Å². The third-order valence-electron chi connectivity index (χ3n) is 7.39. The van der Waals surface area contributed by atoms with Crippen molar-refractivity contribution in [3.63, 3.8) is 0 Å². The summed E-state index contributed by atoms with van der Waals surface area (Å²) in [6.45, 7) is 8.68. The molecule has 196 valence electrons. The number of H-pyrrole nitrogens is 1. The van der Waals surface area contributed by atoms with E-state index >= 15 is 0 Å². The Labute approximate surface area is 220 Å². The summed E-state index contributed by atoms with van der Waals surface area (Å²) in [5.74, 6) is 2.17. The number of hydrogen-bond acceptors (Lipinski definition) is 8. The van der Waals surface area contributed by atoms with Gasteiger partial charge in [0, 0.05) is 48.9 Å². The van der Waals surface area contributed by atoms with Crippen molar-refractivity contribution < 1.29 is 14.3 Å². The van der Waals surface area contributed by atoms with Crippen molar-refractivity contribution in [2.75, 3.05) is 38.2 Å². The number of rotatable bonds is 6. The first-order chi connectivity index (χ1) is 18.4. The molecule has 0 aliphatic carbocycles. The molecule has 0 bridgehead atoms. The Bertz CT molecular complexity index is 1500. The van der Waals surface area contributed by atoms with Gasteiger partial charge in [0.2, 0.25) is 0 Å². The molecule has 38 heavy (non-hydrogen) atoms. The Hall–Kier alpha value is -4.41. The van der Waals surface area contributed by atoms with Crippen molar-refractivity contribution in [1.82, 2.24) is 35.6 Å². The highest BCUT2D eigenvalue weighted by molar-refractivity contribution is 5.94. The number of hydrogen-bond donors (Lipinski definition) is 2. The van der Waals surface area contributed by atoms with E-state index in [2.05, 4.69) is 30.6 Å². The summed E-state index contributed by atoms with van der Waals surface area (Å²) >= 11 is 0. The fourth-order valence-corrected chi connectivity index (χ4v) is 5.53. The molecule has 2 aliphatic rings. The van der Waals surface area contributed by atoms with E-state index in [0.29, 0.717) is 31.9 Å². The summed E-state index contributed by atoms with van der Waals surface area (Å²) in [5, 5.41) is 19.8. The highest BCUT2D eigenvalue weighted by atomic mass is 16.5. The monoisotopic (exact) mass is 514 g/mol. The highest BCUT2D eigenvalue weighted by Gasteiger charge is 2.36. The van der Waals surface area contributed by atoms with E-state index in [4.69, 9.17) is 14.5 Å². The van der Waals surface area contributed by atoms with Gasteiger partial charge in [-0.25, -0.2) is 9.78 Å². The Morgan fingerprint density at radius 2 is 2.03 bits per heavy atom. The van der Waals surface area contributed by atoms with Gasteiger partial charge in [0.05, 0.1) is 30.6 Å². The summed E-state index contributed by atoms with van der Waals surface area (Å²) in [6.07, 6.45) is 3.39. The highest BCUT2D eigenvalue weighted by Crippen LogP contribution is 2.36. The van der Waals surface area contributed by atoms with E-state index in [1.165, 1.54) is 0 Å². The van der Waals surface area contributed by atoms with Crippen LogP contribution in [0.1, 0.15) is 29.8 Å². The molecule has 2 aliphatic heterocycles. The molecule has 0 radical (unpaired) electrons. The standard InChI is InChI=1S/C27H30N8O3/c1-15-11-30-31-16(2)24(15)17(3)38-20-5-6-22-21(10-20)25(33-32-22)18-9-23(37-4)26(28-12-18)34-7-8-35-19(14-34)13-29-27(35)36/h5-6,9-12,17,19H,7-8,13-14H2,1-4H3,(H,29,36)(H,32,33). The van der Waals surface area contributed by atoms with Gasteiger partial charge < -0.3 is 24.6 Å². The number of anilines is 1. The van der Waals surface area contributed by atoms with E-state index in [9.17, 15) is 4.79 Å². The number of aromatic nitrogens is 5. The van der Waals surface area contributed by atoms with Crippen LogP contribution in [-0.2, 0) is 0 Å². The molecule has 2 N–H and O–H groups in total. The van der Waals surface area contributed by atoms with Crippen molar-refractivity contribution in [2.24, 2.45) is 0 Å². The Balaban J connectivity index is 1.28. The van der Waals surface area contributed by atoms with Gasteiger partial charge in [-0.2, -0.15) is 15.3 Å². The maximum atomic E-state index is 12.0. The van der Waals surface area contributed by atoms with Gasteiger partial charge in [0.15, 0.2) is 11.6 Å². The van der Waals surface area contributed by atoms with E-state index in [-0.39, 0.29) is 18.2 Å². The largest absolute Gasteiger partial charge is 0.493 e. The summed E-state index contributed by atoms with van der Waals surface area (Å²) in [7, 11) is 1.65. The molecule has 2 fully saturated rings. The minimum Gasteiger partial charge on any atom is -0.493 e. The minimum atomic E-state index is -0.190. The van der Waals surface area contributed by atoms with Crippen LogP contribution in [0.2, 0.25) is 0 Å². The molecule has 2 saturated heterocycles. The molecular weight excluding hydrogens is 484 g/mol. The number of amides is 2. The zero-order valence-corrected chi connectivity index (χ0v) is 21.9. The number of benzene rings is 1. The summed E-state index contributed by atoms with van der Waals surface area (Å²) in [4.78, 5) is 20.8. The molecule has 0 saturated carbocycles. The van der Waals surface area contributed by atoms with Gasteiger partial charge in [0.1, 0.15) is 17.5 Å². The zero-order valence-electron chi connectivity index (χ0n) is 21.9. The molecule has 11 heteroatoms. The van der Waals surface area contributed by atoms with Crippen LogP contribution in [0.3, 0.4) is 0 Å². The Kier molecular flexibility index (Phi) is 5.97. The van der Waals surface area contributed by atoms with Crippen molar-refractivity contribution in [1.29, 1.82) is 0 Å². The van der Waals surface area contributed by atoms with Crippen LogP contribution in [0, 0.1) is 13.8 Å². The maximum Gasteiger partial charge on any atom is 0.317 e. The number of aryl methyl sites for hydroxylation is 2. The molecule has 3 aromatic heterocycles. The number of pyridine rings is 1. The second kappa shape index (κ2) is 9.47. The number of fused-ring (bicyclic) bond motifs is 2. The van der Waals surface area contributed by atoms with Gasteiger partial charge in [-0.1, -0.05) is 0 Å². The summed E-state index contributed by atoms with van der Waals surface area (Å²) in [5.41, 5.74) is 5.45. The maximum absolute atomic E-state index is 12.0. The molecule has 11 nitrogen and oxygen atoms in total. The lowest BCUT2D eigenvalue weighted by Crippen LogP contribution is -2.52. The summed E-state index contributed by atoms with van der Waals surface area (Å²) in [6, 6.07) is 8.00. The normalized spacial score (nSPS) is 17.9. The predicted octanol–water partition coefficient (Wildman–Crippen LogP) is 3.39. The van der Waals surface area contributed by atoms with Crippen LogP contribution in [0.15, 0.2) is 36.7 Å². The van der Waals surface area contributed by atoms with Crippen LogP contribution >= 0.6 is 0 Å². The second-order valence-electron chi connectivity index (χ2n) is 9.80. The van der Waals surface area contributed by atoms with Crippen molar-refractivity contribution >= 4 is 22.8 Å². The molecule has 2 unspecified atom stereocenters. The minimum absolute atomic E-state index is 0.00999. The zero-order chi connectivity index (χ0) is 26.4. The lowest BCUT2D eigenvalue weighted by atomic mass is 10.0. The van der Waals surface area contributed by atoms with Gasteiger partial charge in [-0.05, 0) is 50.6 Å². The number of methoxy groups -OCH3 is 1. The van der Waals surface area contributed by atoms with E-state index in [1.54, 1.807) is 13.3 Å². The Morgan fingerprint density at radius 3 is 2.84 bits per heavy atom. The summed E-state index contributed by atoms with van der Waals surface area (Å²) < 4.78 is 12.1. The number of carbonyl (C=O) groups excluding carboxylic acids is 1. The van der Waals surface area contributed by atoms with Crippen molar-refractivity contribution in [3.8, 4) is 22.8 Å². The van der Waals surface area contributed by atoms with Crippen LogP contribution < -0.4 is 19.7 Å². The van der Waals surface area contributed by atoms with Gasteiger partial charge in [0.25, 0.3) is 0 Å². The SMILES string of the molecule is COc1cc(-c2n[nH]c3ccc(OC(C)c4c(C)cnnc4C)cc23)cnc1N1CCN2C(=O)NCC2C1. The molecule has 2 atom stereocenters. The lowest BCUT2D eigenvalue weighted by molar-refractivity contribution is 0.197. The number of carbonyl (C=O) groups is 1. The van der Waals surface area contributed by atoms with Gasteiger partial charge in [-0.15, -0.1) is 0 Å². The number of aromatic amines is 1. The lowest BCUT2D eigenvalue weighted by Gasteiger charge is -2.37. The number of ether oxygens (including phenoxy) is 2. The van der Waals surface area contributed by atoms with Crippen molar-refractivity contribution in [3.05, 3.63) is 53.5 Å². The smallest absolute Gasteiger partial charge is 0.317 e. The number of nitrogens with zero attached hydrogens (tertiary/aromatic N) is 6. The first-order valence-corrected chi connectivity index (χ1v) is 12.7. The van der Waals surface area contributed by atoms with Gasteiger partial charge in [-0.3, -0.25) is 5.10 Å². The van der Waals surface area contributed by atoms with Crippen molar-refractivity contribution in [2.45, 2.75) is 32.9 Å². The van der Waals surface area contributed by atoms with E-state index in [1.807, 2.05) is 56.1 Å². The molecule has 6 rings (SSSR count). The fourth-order valence-electron chi connectivity index (χ4n) is 5.53. The number of piperazine rings is 1. The molecule has 4 aromatic rings. The van der Waals surface area contributed by atoms with Crippen LogP contribution in [0.25, 0.3) is 22.2 Å². The third kappa shape index (κ3) is 4.13. The fraction of sp³-hybridized carbons (Fsp3) is 0.370. The third-order valence-corrected chi connectivity index (χ3v) is 7.39. The van der Waals surface area contributed by atoms with Crippen LogP contribution in [0.5, 0.6) is 11.5 Å². The van der Waals surface area contributed by atoms with Gasteiger partial charge >= 0.3 is 6.03 Å². The Morgan fingerprint density at radius 1 is 1.16 bits per heavy atom. The molecule has 5 heterocycles. The number of urea groups is 1. The molecule has 0 spiro atoms. The quantitative estimate of drug-likeness (QED) is 0.402.